The fraction of sp³-hybridized carbons (Fsp3) is 0.179. The lowest BCUT2D eigenvalue weighted by Gasteiger charge is -2.28. The summed E-state index contributed by atoms with van der Waals surface area (Å²) in [7, 11) is 0. The minimum absolute atomic E-state index is 0.0374. The van der Waals surface area contributed by atoms with Gasteiger partial charge in [-0.3, -0.25) is 0 Å². The number of rotatable bonds is 16. The molecule has 4 heterocycles. The molecule has 0 radical (unpaired) electrons. The molecule has 4 aromatic heterocycles. The fourth-order valence-electron chi connectivity index (χ4n) is 19.8. The summed E-state index contributed by atoms with van der Waals surface area (Å²) in [6.45, 7) is 33.8. The van der Waals surface area contributed by atoms with E-state index in [2.05, 4.69) is 466 Å². The molecule has 20 rings (SSSR count). The van der Waals surface area contributed by atoms with Crippen LogP contribution in [-0.4, -0.2) is 18.3 Å². The largest absolute Gasteiger partial charge is 0.310 e. The molecule has 6 heteroatoms. The van der Waals surface area contributed by atoms with Crippen molar-refractivity contribution >= 4 is 121 Å². The topological polar surface area (TPSA) is 26.2 Å². The van der Waals surface area contributed by atoms with E-state index in [0.717, 1.165) is 71.2 Å². The highest BCUT2D eigenvalue weighted by Gasteiger charge is 2.31. The van der Waals surface area contributed by atoms with Crippen molar-refractivity contribution in [2.45, 2.75) is 140 Å². The number of aromatic nitrogens is 4. The summed E-state index contributed by atoms with van der Waals surface area (Å²) in [6.07, 6.45) is 4.33. The Morgan fingerprint density at radius 1 is 0.252 bits per heavy atom. The molecule has 0 aliphatic rings. The number of anilines is 6. The molecule has 0 amide bonds. The van der Waals surface area contributed by atoms with Crippen molar-refractivity contribution in [1.82, 2.24) is 18.3 Å². The van der Waals surface area contributed by atoms with Gasteiger partial charge in [-0.15, -0.1) is 0 Å². The molecule has 606 valence electrons. The lowest BCUT2D eigenvalue weighted by atomic mass is 9.87. The molecule has 0 aliphatic heterocycles. The van der Waals surface area contributed by atoms with E-state index in [-0.39, 0.29) is 10.8 Å². The zero-order chi connectivity index (χ0) is 84.9. The fourth-order valence-corrected chi connectivity index (χ4v) is 19.8. The molecule has 0 atom stereocenters. The standard InChI is InChI=1S/C61H59N3.C56H49N3/c1-38-31-39(2)34-49(33-38)62(50-35-40(3)32-41(4)36-50)48-18-16-17-43(37-48)55-42(5)56-51-19-12-14-21-53(51)63(46-27-23-44(24-28-46)60(6,7)8)58(56)59-57(55)52-20-13-15-22-54(52)64(59)47-29-25-45(26-30-47)61(9,10)11;1-5-16-40-18-13-25-45(34-40)57(46-26-14-19-41(35-46)17-6-2)47-27-15-20-42(36-47)48-37-50-49-32-38(3)28-30-52(49)58(43-21-9-7-10-22-43)55(50)56-54(48)51-33-39(4)29-31-53(51)59(56)44-23-11-8-12-24-44/h12-37H,1-11H3;7-15,18-37H,5-6,16-17H2,1-4H3. The third-order valence-corrected chi connectivity index (χ3v) is 25.2. The third kappa shape index (κ3) is 14.3. The molecular weight excluding hydrogens is 1490 g/mol. The Balaban J connectivity index is 0.000000162. The van der Waals surface area contributed by atoms with Gasteiger partial charge in [-0.25, -0.2) is 0 Å². The van der Waals surface area contributed by atoms with Gasteiger partial charge in [0.1, 0.15) is 0 Å². The van der Waals surface area contributed by atoms with Gasteiger partial charge in [-0.05, 0) is 308 Å². The van der Waals surface area contributed by atoms with Crippen molar-refractivity contribution in [2.75, 3.05) is 9.80 Å². The summed E-state index contributed by atoms with van der Waals surface area (Å²) < 4.78 is 10.1. The Morgan fingerprint density at radius 3 is 1.11 bits per heavy atom. The summed E-state index contributed by atoms with van der Waals surface area (Å²) in [5.41, 5.74) is 40.3. The Bertz CT molecular complexity index is 7330. The number of nitrogens with zero attached hydrogens (tertiary/aromatic N) is 6. The number of benzene rings is 16. The van der Waals surface area contributed by atoms with Gasteiger partial charge in [0.15, 0.2) is 0 Å². The predicted molar refractivity (Wildman–Crippen MR) is 529 cm³/mol. The first-order chi connectivity index (χ1) is 59.6. The minimum atomic E-state index is 0.0374. The predicted octanol–water partition coefficient (Wildman–Crippen LogP) is 32.7. The van der Waals surface area contributed by atoms with Crippen LogP contribution in [0.1, 0.15) is 129 Å². The van der Waals surface area contributed by atoms with E-state index < -0.39 is 0 Å². The molecule has 6 nitrogen and oxygen atoms in total. The highest BCUT2D eigenvalue weighted by Crippen LogP contribution is 2.53. The van der Waals surface area contributed by atoms with Crippen LogP contribution in [0.25, 0.3) is 132 Å². The molecule has 0 bridgehead atoms. The quantitative estimate of drug-likeness (QED) is 0.0964. The van der Waals surface area contributed by atoms with Crippen LogP contribution >= 0.6 is 0 Å². The van der Waals surface area contributed by atoms with E-state index in [4.69, 9.17) is 0 Å². The maximum atomic E-state index is 2.54. The van der Waals surface area contributed by atoms with Gasteiger partial charge in [-0.1, -0.05) is 249 Å². The van der Waals surface area contributed by atoms with Crippen molar-refractivity contribution < 1.29 is 0 Å². The first-order valence-electron chi connectivity index (χ1n) is 44.1. The number of aryl methyl sites for hydroxylation is 9. The van der Waals surface area contributed by atoms with Gasteiger partial charge in [0.2, 0.25) is 0 Å². The van der Waals surface area contributed by atoms with E-state index in [1.54, 1.807) is 0 Å². The molecule has 20 aromatic rings. The second-order valence-corrected chi connectivity index (χ2v) is 36.5. The van der Waals surface area contributed by atoms with Crippen molar-refractivity contribution in [1.29, 1.82) is 0 Å². The summed E-state index contributed by atoms with van der Waals surface area (Å²) in [5, 5.41) is 10.0. The molecule has 0 N–H and O–H groups in total. The Hall–Kier alpha value is -13.7. The molecule has 123 heavy (non-hydrogen) atoms. The van der Waals surface area contributed by atoms with Crippen LogP contribution in [0.3, 0.4) is 0 Å². The van der Waals surface area contributed by atoms with Gasteiger partial charge in [0.25, 0.3) is 0 Å². The lowest BCUT2D eigenvalue weighted by Crippen LogP contribution is -2.11. The second kappa shape index (κ2) is 31.7. The Kier molecular flexibility index (Phi) is 20.4. The monoisotopic (exact) mass is 1600 g/mol. The van der Waals surface area contributed by atoms with E-state index in [1.165, 1.54) is 182 Å². The smallest absolute Gasteiger partial charge is 0.0795 e. The van der Waals surface area contributed by atoms with Gasteiger partial charge >= 0.3 is 0 Å². The Labute approximate surface area is 724 Å². The van der Waals surface area contributed by atoms with E-state index >= 15 is 0 Å². The molecule has 0 saturated heterocycles. The van der Waals surface area contributed by atoms with Crippen LogP contribution in [-0.2, 0) is 23.7 Å². The summed E-state index contributed by atoms with van der Waals surface area (Å²) in [5.74, 6) is 0. The van der Waals surface area contributed by atoms with Crippen LogP contribution in [0.5, 0.6) is 0 Å². The van der Waals surface area contributed by atoms with Gasteiger partial charge in [0, 0.05) is 100.0 Å². The van der Waals surface area contributed by atoms with Gasteiger partial charge < -0.3 is 28.1 Å². The first-order valence-corrected chi connectivity index (χ1v) is 44.1. The maximum absolute atomic E-state index is 2.54. The zero-order valence-electron chi connectivity index (χ0n) is 73.8. The number of para-hydroxylation sites is 4. The van der Waals surface area contributed by atoms with Gasteiger partial charge in [-0.2, -0.15) is 0 Å². The van der Waals surface area contributed by atoms with Crippen LogP contribution in [0.2, 0.25) is 0 Å². The zero-order valence-corrected chi connectivity index (χ0v) is 73.8. The SMILES string of the molecule is CCCc1cccc(N(c2cccc(CCC)c2)c2cccc(-c3cc4c5cc(C)ccc5n(-c5ccccc5)c4c4c3c3cc(C)ccc3n4-c3ccccc3)c2)c1.Cc1cc(C)cc(N(c2cc(C)cc(C)c2)c2cccc(-c3c(C)c4c5ccccc5n(-c5ccc(C(C)(C)C)cc5)c4c4c3c3ccccc3n4-c3ccc(C(C)(C)C)cc3)c2)c1. The molecule has 0 spiro atoms. The number of hydrogen-bond donors (Lipinski definition) is 0. The molecule has 0 aliphatic carbocycles. The van der Waals surface area contributed by atoms with Crippen LogP contribution in [0, 0.1) is 48.5 Å². The Morgan fingerprint density at radius 2 is 0.626 bits per heavy atom. The van der Waals surface area contributed by atoms with Crippen LogP contribution in [0.4, 0.5) is 34.1 Å². The van der Waals surface area contributed by atoms with Crippen LogP contribution < -0.4 is 9.80 Å². The third-order valence-electron chi connectivity index (χ3n) is 25.2. The number of hydrogen-bond acceptors (Lipinski definition) is 2. The van der Waals surface area contributed by atoms with E-state index in [1.807, 2.05) is 0 Å². The highest BCUT2D eigenvalue weighted by atomic mass is 15.2. The second-order valence-electron chi connectivity index (χ2n) is 36.5. The normalized spacial score (nSPS) is 12.0. The molecule has 0 fully saturated rings. The van der Waals surface area contributed by atoms with Crippen molar-refractivity contribution in [3.8, 4) is 45.0 Å². The summed E-state index contributed by atoms with van der Waals surface area (Å²) in [4.78, 5) is 4.90. The molecular formula is C117H108N6. The van der Waals surface area contributed by atoms with E-state index in [9.17, 15) is 0 Å². The lowest BCUT2D eigenvalue weighted by molar-refractivity contribution is 0.590. The van der Waals surface area contributed by atoms with Gasteiger partial charge in [0.05, 0.1) is 44.1 Å². The summed E-state index contributed by atoms with van der Waals surface area (Å²) >= 11 is 0. The molecule has 0 saturated carbocycles. The maximum Gasteiger partial charge on any atom is 0.0795 e. The first kappa shape index (κ1) is 79.1. The average Bonchev–Trinajstić information content (AvgIpc) is 1.54. The summed E-state index contributed by atoms with van der Waals surface area (Å²) in [6, 6.07) is 125. The van der Waals surface area contributed by atoms with Crippen molar-refractivity contribution in [3.05, 3.63) is 395 Å². The van der Waals surface area contributed by atoms with Crippen molar-refractivity contribution in [3.63, 3.8) is 0 Å². The molecule has 0 unspecified atom stereocenters. The molecule has 16 aromatic carbocycles. The van der Waals surface area contributed by atoms with Crippen LogP contribution in [0.15, 0.2) is 334 Å². The van der Waals surface area contributed by atoms with E-state index in [0.29, 0.717) is 0 Å². The minimum Gasteiger partial charge on any atom is -0.310 e. The highest BCUT2D eigenvalue weighted by molar-refractivity contribution is 6.31. The number of fused-ring (bicyclic) bond motifs is 14. The van der Waals surface area contributed by atoms with Crippen molar-refractivity contribution in [2.24, 2.45) is 0 Å². The average molecular weight is 1600 g/mol.